The summed E-state index contributed by atoms with van der Waals surface area (Å²) in [6, 6.07) is 18.9. The normalized spacial score (nSPS) is 16.9. The maximum atomic E-state index is 13.4. The summed E-state index contributed by atoms with van der Waals surface area (Å²) in [5.74, 6) is -1.03. The summed E-state index contributed by atoms with van der Waals surface area (Å²) in [4.78, 5) is 42.3. The zero-order chi connectivity index (χ0) is 27.2. The van der Waals surface area contributed by atoms with E-state index in [-0.39, 0.29) is 18.4 Å². The molecule has 0 spiro atoms. The lowest BCUT2D eigenvalue weighted by molar-refractivity contribution is -0.126. The number of carbonyl (C=O) groups excluding carboxylic acids is 3. The number of aryl methyl sites for hydroxylation is 1. The SMILES string of the molecule is Cc1ccc(C(=O)Nc2cccc([C@H]3OC(=O)N(Cc4ccc(F)cc4)[C@H]3C(=O)NCCN(C)C)c2)cc1. The van der Waals surface area contributed by atoms with Gasteiger partial charge in [0.15, 0.2) is 12.1 Å². The molecule has 0 saturated carbocycles. The van der Waals surface area contributed by atoms with Crippen LogP contribution in [0.25, 0.3) is 0 Å². The monoisotopic (exact) mass is 518 g/mol. The molecule has 3 amide bonds. The smallest absolute Gasteiger partial charge is 0.411 e. The molecule has 0 radical (unpaired) electrons. The van der Waals surface area contributed by atoms with Gasteiger partial charge in [0.25, 0.3) is 5.91 Å². The average molecular weight is 519 g/mol. The number of anilines is 1. The van der Waals surface area contributed by atoms with E-state index in [1.54, 1.807) is 48.5 Å². The summed E-state index contributed by atoms with van der Waals surface area (Å²) in [6.45, 7) is 3.03. The number of amides is 3. The highest BCUT2D eigenvalue weighted by atomic mass is 19.1. The molecule has 4 rings (SSSR count). The van der Waals surface area contributed by atoms with Gasteiger partial charge in [-0.2, -0.15) is 0 Å². The van der Waals surface area contributed by atoms with Gasteiger partial charge in [-0.15, -0.1) is 0 Å². The third kappa shape index (κ3) is 6.54. The second-order valence-corrected chi connectivity index (χ2v) is 9.54. The Morgan fingerprint density at radius 1 is 1.03 bits per heavy atom. The van der Waals surface area contributed by atoms with Crippen LogP contribution < -0.4 is 10.6 Å². The van der Waals surface area contributed by atoms with Gasteiger partial charge in [-0.1, -0.05) is 42.0 Å². The van der Waals surface area contributed by atoms with Gasteiger partial charge in [-0.3, -0.25) is 14.5 Å². The van der Waals surface area contributed by atoms with E-state index in [0.29, 0.717) is 35.5 Å². The predicted octanol–water partition coefficient (Wildman–Crippen LogP) is 4.13. The minimum atomic E-state index is -0.960. The number of cyclic esters (lactones) is 1. The first-order valence-corrected chi connectivity index (χ1v) is 12.3. The van der Waals surface area contributed by atoms with Gasteiger partial charge in [0.2, 0.25) is 5.91 Å². The number of nitrogens with zero attached hydrogens (tertiary/aromatic N) is 2. The maximum Gasteiger partial charge on any atom is 0.411 e. The van der Waals surface area contributed by atoms with Crippen molar-refractivity contribution in [2.24, 2.45) is 0 Å². The van der Waals surface area contributed by atoms with E-state index >= 15 is 0 Å². The van der Waals surface area contributed by atoms with Crippen molar-refractivity contribution in [3.8, 4) is 0 Å². The Balaban J connectivity index is 1.58. The van der Waals surface area contributed by atoms with E-state index < -0.39 is 24.1 Å². The van der Waals surface area contributed by atoms with Crippen molar-refractivity contribution in [3.05, 3.63) is 101 Å². The van der Waals surface area contributed by atoms with Gasteiger partial charge < -0.3 is 20.3 Å². The van der Waals surface area contributed by atoms with Gasteiger partial charge >= 0.3 is 6.09 Å². The molecule has 198 valence electrons. The first kappa shape index (κ1) is 26.8. The zero-order valence-corrected chi connectivity index (χ0v) is 21.6. The molecular weight excluding hydrogens is 487 g/mol. The fourth-order valence-electron chi connectivity index (χ4n) is 4.21. The van der Waals surface area contributed by atoms with E-state index in [2.05, 4.69) is 10.6 Å². The van der Waals surface area contributed by atoms with E-state index in [1.165, 1.54) is 17.0 Å². The summed E-state index contributed by atoms with van der Waals surface area (Å²) in [7, 11) is 3.79. The first-order valence-electron chi connectivity index (χ1n) is 12.3. The molecule has 38 heavy (non-hydrogen) atoms. The van der Waals surface area contributed by atoms with Crippen molar-refractivity contribution in [3.63, 3.8) is 0 Å². The highest BCUT2D eigenvalue weighted by Gasteiger charge is 2.47. The Labute approximate surface area is 221 Å². The molecular formula is C29H31FN4O4. The summed E-state index contributed by atoms with van der Waals surface area (Å²) < 4.78 is 19.1. The van der Waals surface area contributed by atoms with Crippen molar-refractivity contribution < 1.29 is 23.5 Å². The van der Waals surface area contributed by atoms with Crippen molar-refractivity contribution in [2.75, 3.05) is 32.5 Å². The molecule has 0 aliphatic carbocycles. The molecule has 0 aromatic heterocycles. The number of benzene rings is 3. The molecule has 0 unspecified atom stereocenters. The van der Waals surface area contributed by atoms with Crippen LogP contribution in [0, 0.1) is 12.7 Å². The minimum Gasteiger partial charge on any atom is -0.438 e. The summed E-state index contributed by atoms with van der Waals surface area (Å²) in [6.07, 6.45) is -1.56. The fourth-order valence-corrected chi connectivity index (χ4v) is 4.21. The van der Waals surface area contributed by atoms with Crippen LogP contribution >= 0.6 is 0 Å². The lowest BCUT2D eigenvalue weighted by atomic mass is 10.00. The van der Waals surface area contributed by atoms with Crippen LogP contribution in [-0.4, -0.2) is 60.9 Å². The quantitative estimate of drug-likeness (QED) is 0.445. The van der Waals surface area contributed by atoms with Crippen LogP contribution in [-0.2, 0) is 16.1 Å². The Bertz CT molecular complexity index is 1290. The number of ether oxygens (including phenoxy) is 1. The third-order valence-electron chi connectivity index (χ3n) is 6.26. The molecule has 3 aromatic rings. The standard InChI is InChI=1S/C29H31FN4O4/c1-19-7-11-21(12-8-19)27(35)32-24-6-4-5-22(17-24)26-25(28(36)31-15-16-33(2)3)34(29(37)38-26)18-20-9-13-23(30)14-10-20/h4-14,17,25-26H,15-16,18H2,1-3H3,(H,31,36)(H,32,35)/t25-,26-/m1/s1. The maximum absolute atomic E-state index is 13.4. The molecule has 1 aliphatic rings. The molecule has 0 bridgehead atoms. The van der Waals surface area contributed by atoms with Crippen LogP contribution in [0.4, 0.5) is 14.9 Å². The molecule has 1 aliphatic heterocycles. The van der Waals surface area contributed by atoms with Gasteiger partial charge in [0.05, 0.1) is 6.54 Å². The van der Waals surface area contributed by atoms with Gasteiger partial charge in [-0.25, -0.2) is 9.18 Å². The van der Waals surface area contributed by atoms with Crippen molar-refractivity contribution in [1.82, 2.24) is 15.1 Å². The Kier molecular flexibility index (Phi) is 8.38. The predicted molar refractivity (Wildman–Crippen MR) is 142 cm³/mol. The Hall–Kier alpha value is -4.24. The van der Waals surface area contributed by atoms with Crippen LogP contribution in [0.3, 0.4) is 0 Å². The number of halogens is 1. The van der Waals surface area contributed by atoms with E-state index in [4.69, 9.17) is 4.74 Å². The van der Waals surface area contributed by atoms with Gasteiger partial charge in [-0.05, 0) is 68.5 Å². The second-order valence-electron chi connectivity index (χ2n) is 9.54. The first-order chi connectivity index (χ1) is 18.2. The molecule has 1 fully saturated rings. The van der Waals surface area contributed by atoms with Crippen LogP contribution in [0.5, 0.6) is 0 Å². The summed E-state index contributed by atoms with van der Waals surface area (Å²) in [5.41, 5.74) is 3.29. The fraction of sp³-hybridized carbons (Fsp3) is 0.276. The lowest BCUT2D eigenvalue weighted by Gasteiger charge is -2.24. The Morgan fingerprint density at radius 2 is 1.74 bits per heavy atom. The minimum absolute atomic E-state index is 0.0746. The molecule has 2 atom stereocenters. The second kappa shape index (κ2) is 11.9. The highest BCUT2D eigenvalue weighted by Crippen LogP contribution is 2.35. The summed E-state index contributed by atoms with van der Waals surface area (Å²) in [5, 5.41) is 5.76. The Morgan fingerprint density at radius 3 is 2.42 bits per heavy atom. The van der Waals surface area contributed by atoms with Crippen molar-refractivity contribution >= 4 is 23.6 Å². The van der Waals surface area contributed by atoms with Crippen molar-refractivity contribution in [2.45, 2.75) is 25.6 Å². The molecule has 3 aromatic carbocycles. The molecule has 8 nitrogen and oxygen atoms in total. The largest absolute Gasteiger partial charge is 0.438 e. The highest BCUT2D eigenvalue weighted by molar-refractivity contribution is 6.04. The van der Waals surface area contributed by atoms with E-state index in [1.807, 2.05) is 38.1 Å². The molecule has 1 heterocycles. The number of likely N-dealkylation sites (N-methyl/N-ethyl adjacent to an activating group) is 1. The number of carbonyl (C=O) groups is 3. The number of hydrogen-bond acceptors (Lipinski definition) is 5. The van der Waals surface area contributed by atoms with Crippen LogP contribution in [0.1, 0.15) is 33.2 Å². The van der Waals surface area contributed by atoms with Gasteiger partial charge in [0.1, 0.15) is 5.82 Å². The number of hydrogen-bond donors (Lipinski definition) is 2. The van der Waals surface area contributed by atoms with Crippen molar-refractivity contribution in [1.29, 1.82) is 0 Å². The van der Waals surface area contributed by atoms with Gasteiger partial charge in [0, 0.05) is 24.3 Å². The van der Waals surface area contributed by atoms with E-state index in [0.717, 1.165) is 5.56 Å². The van der Waals surface area contributed by atoms with Crippen LogP contribution in [0.15, 0.2) is 72.8 Å². The molecule has 9 heteroatoms. The average Bonchev–Trinajstić information content (AvgIpc) is 3.21. The van der Waals surface area contributed by atoms with Crippen LogP contribution in [0.2, 0.25) is 0 Å². The number of rotatable bonds is 9. The molecule has 1 saturated heterocycles. The zero-order valence-electron chi connectivity index (χ0n) is 21.6. The topological polar surface area (TPSA) is 91.0 Å². The summed E-state index contributed by atoms with van der Waals surface area (Å²) >= 11 is 0. The number of nitrogens with one attached hydrogen (secondary N) is 2. The van der Waals surface area contributed by atoms with E-state index in [9.17, 15) is 18.8 Å². The third-order valence-corrected chi connectivity index (χ3v) is 6.26. The molecule has 2 N–H and O–H groups in total. The lowest BCUT2D eigenvalue weighted by Crippen LogP contribution is -2.47.